The Kier molecular flexibility index (Phi) is 4.87. The van der Waals surface area contributed by atoms with Gasteiger partial charge < -0.3 is 5.73 Å². The number of halogens is 3. The minimum absolute atomic E-state index is 0.0612. The van der Waals surface area contributed by atoms with Crippen molar-refractivity contribution in [2.75, 3.05) is 10.5 Å². The Bertz CT molecular complexity index is 810. The standard InChI is InChI=1S/C13H11Br2ClN2O2S/c1-7-4-10(15)12(6-11(7)16)18-21(19,20)13-5-8(17)2-3-9(13)14/h2-6,18H,17H2,1H3. The second-order valence-corrected chi connectivity index (χ2v) is 8.14. The molecule has 2 aromatic carbocycles. The first-order valence-corrected chi connectivity index (χ1v) is 9.19. The highest BCUT2D eigenvalue weighted by molar-refractivity contribution is 9.11. The molecule has 0 saturated carbocycles. The van der Waals surface area contributed by atoms with Gasteiger partial charge in [0.05, 0.1) is 5.69 Å². The number of aryl methyl sites for hydroxylation is 1. The van der Waals surface area contributed by atoms with Crippen molar-refractivity contribution in [1.29, 1.82) is 0 Å². The van der Waals surface area contributed by atoms with Crippen LogP contribution in [-0.4, -0.2) is 8.42 Å². The van der Waals surface area contributed by atoms with Gasteiger partial charge in [0.1, 0.15) is 4.90 Å². The fraction of sp³-hybridized carbons (Fsp3) is 0.0769. The van der Waals surface area contributed by atoms with Crippen LogP contribution in [0.1, 0.15) is 5.56 Å². The maximum Gasteiger partial charge on any atom is 0.263 e. The highest BCUT2D eigenvalue weighted by atomic mass is 79.9. The first-order valence-electron chi connectivity index (χ1n) is 5.74. The highest BCUT2D eigenvalue weighted by Crippen LogP contribution is 2.32. The van der Waals surface area contributed by atoms with Gasteiger partial charge in [-0.1, -0.05) is 11.6 Å². The van der Waals surface area contributed by atoms with Gasteiger partial charge in [0.25, 0.3) is 10.0 Å². The van der Waals surface area contributed by atoms with E-state index in [4.69, 9.17) is 17.3 Å². The fourth-order valence-corrected chi connectivity index (χ4v) is 4.57. The predicted octanol–water partition coefficient (Wildman–Crippen LogP) is 4.56. The van der Waals surface area contributed by atoms with Crippen molar-refractivity contribution >= 4 is 64.9 Å². The monoisotopic (exact) mass is 452 g/mol. The van der Waals surface area contributed by atoms with Crippen molar-refractivity contribution in [2.24, 2.45) is 0 Å². The van der Waals surface area contributed by atoms with Crippen LogP contribution in [0.15, 0.2) is 44.2 Å². The number of benzene rings is 2. The van der Waals surface area contributed by atoms with Crippen LogP contribution >= 0.6 is 43.5 Å². The molecule has 0 atom stereocenters. The summed E-state index contributed by atoms with van der Waals surface area (Å²) in [6, 6.07) is 7.88. The van der Waals surface area contributed by atoms with Crippen LogP contribution in [0.5, 0.6) is 0 Å². The molecular weight excluding hydrogens is 443 g/mol. The summed E-state index contributed by atoms with van der Waals surface area (Å²) in [4.78, 5) is 0.0612. The van der Waals surface area contributed by atoms with Gasteiger partial charge in [-0.2, -0.15) is 0 Å². The third kappa shape index (κ3) is 3.71. The van der Waals surface area contributed by atoms with Crippen LogP contribution in [0.2, 0.25) is 5.02 Å². The zero-order chi connectivity index (χ0) is 15.8. The van der Waals surface area contributed by atoms with Gasteiger partial charge in [-0.25, -0.2) is 8.42 Å². The fourth-order valence-electron chi connectivity index (χ4n) is 1.65. The molecule has 0 heterocycles. The minimum atomic E-state index is -3.78. The lowest BCUT2D eigenvalue weighted by atomic mass is 10.2. The van der Waals surface area contributed by atoms with Crippen molar-refractivity contribution in [3.63, 3.8) is 0 Å². The Morgan fingerprint density at radius 2 is 1.81 bits per heavy atom. The van der Waals surface area contributed by atoms with Crippen molar-refractivity contribution in [1.82, 2.24) is 0 Å². The SMILES string of the molecule is Cc1cc(Br)c(NS(=O)(=O)c2cc(N)ccc2Br)cc1Cl. The number of anilines is 2. The van der Waals surface area contributed by atoms with E-state index in [9.17, 15) is 8.42 Å². The van der Waals surface area contributed by atoms with Gasteiger partial charge in [-0.05, 0) is 74.7 Å². The summed E-state index contributed by atoms with van der Waals surface area (Å²) in [5.41, 5.74) is 7.21. The zero-order valence-corrected chi connectivity index (χ0v) is 15.6. The van der Waals surface area contributed by atoms with E-state index in [0.717, 1.165) is 5.56 Å². The van der Waals surface area contributed by atoms with Crippen LogP contribution in [0, 0.1) is 6.92 Å². The predicted molar refractivity (Wildman–Crippen MR) is 93.3 cm³/mol. The van der Waals surface area contributed by atoms with Crippen LogP contribution < -0.4 is 10.5 Å². The van der Waals surface area contributed by atoms with Crippen molar-refractivity contribution < 1.29 is 8.42 Å². The lowest BCUT2D eigenvalue weighted by molar-refractivity contribution is 0.601. The Labute approximate surface area is 145 Å². The average molecular weight is 455 g/mol. The average Bonchev–Trinajstić information content (AvgIpc) is 2.38. The molecule has 0 bridgehead atoms. The van der Waals surface area contributed by atoms with Gasteiger partial charge in [-0.15, -0.1) is 0 Å². The third-order valence-corrected chi connectivity index (χ3v) is 6.16. The van der Waals surface area contributed by atoms with Crippen molar-refractivity contribution in [3.05, 3.63) is 49.9 Å². The van der Waals surface area contributed by atoms with Crippen molar-refractivity contribution in [3.8, 4) is 0 Å². The van der Waals surface area contributed by atoms with E-state index in [1.54, 1.807) is 24.3 Å². The molecule has 0 unspecified atom stereocenters. The first kappa shape index (κ1) is 16.6. The molecule has 0 aliphatic carbocycles. The second kappa shape index (κ2) is 6.16. The van der Waals surface area contributed by atoms with Crippen LogP contribution in [-0.2, 0) is 10.0 Å². The Balaban J connectivity index is 2.47. The van der Waals surface area contributed by atoms with E-state index in [1.807, 2.05) is 6.92 Å². The number of sulfonamides is 1. The Morgan fingerprint density at radius 3 is 2.48 bits per heavy atom. The molecule has 112 valence electrons. The summed E-state index contributed by atoms with van der Waals surface area (Å²) in [5.74, 6) is 0. The summed E-state index contributed by atoms with van der Waals surface area (Å²) in [6.45, 7) is 1.83. The van der Waals surface area contributed by atoms with Crippen LogP contribution in [0.25, 0.3) is 0 Å². The number of nitrogen functional groups attached to an aromatic ring is 1. The normalized spacial score (nSPS) is 11.4. The van der Waals surface area contributed by atoms with E-state index >= 15 is 0 Å². The molecule has 0 saturated heterocycles. The number of rotatable bonds is 3. The van der Waals surface area contributed by atoms with Gasteiger partial charge in [-0.3, -0.25) is 4.72 Å². The third-order valence-electron chi connectivity index (χ3n) is 2.74. The number of nitrogens with two attached hydrogens (primary N) is 1. The minimum Gasteiger partial charge on any atom is -0.399 e. The van der Waals surface area contributed by atoms with E-state index in [2.05, 4.69) is 36.6 Å². The topological polar surface area (TPSA) is 72.2 Å². The molecular formula is C13H11Br2ClN2O2S. The Hall–Kier alpha value is -0.760. The van der Waals surface area contributed by atoms with Gasteiger partial charge >= 0.3 is 0 Å². The van der Waals surface area contributed by atoms with Gasteiger partial charge in [0, 0.05) is 19.7 Å². The number of nitrogens with one attached hydrogen (secondary N) is 1. The smallest absolute Gasteiger partial charge is 0.263 e. The summed E-state index contributed by atoms with van der Waals surface area (Å²) in [5, 5.41) is 0.475. The van der Waals surface area contributed by atoms with Crippen molar-refractivity contribution in [2.45, 2.75) is 11.8 Å². The lowest BCUT2D eigenvalue weighted by Crippen LogP contribution is -2.14. The highest BCUT2D eigenvalue weighted by Gasteiger charge is 2.19. The molecule has 0 aliphatic heterocycles. The molecule has 21 heavy (non-hydrogen) atoms. The van der Waals surface area contributed by atoms with E-state index in [1.165, 1.54) is 6.07 Å². The quantitative estimate of drug-likeness (QED) is 0.668. The van der Waals surface area contributed by atoms with Gasteiger partial charge in [0.2, 0.25) is 0 Å². The molecule has 0 amide bonds. The maximum atomic E-state index is 12.5. The molecule has 4 nitrogen and oxygen atoms in total. The van der Waals surface area contributed by atoms with E-state index < -0.39 is 10.0 Å². The molecule has 0 radical (unpaired) electrons. The largest absolute Gasteiger partial charge is 0.399 e. The summed E-state index contributed by atoms with van der Waals surface area (Å²) in [6.07, 6.45) is 0. The lowest BCUT2D eigenvalue weighted by Gasteiger charge is -2.13. The molecule has 0 aliphatic rings. The van der Waals surface area contributed by atoms with Crippen LogP contribution in [0.4, 0.5) is 11.4 Å². The molecule has 8 heteroatoms. The molecule has 0 fully saturated rings. The van der Waals surface area contributed by atoms with E-state index in [-0.39, 0.29) is 4.90 Å². The molecule has 0 spiro atoms. The summed E-state index contributed by atoms with van der Waals surface area (Å²) in [7, 11) is -3.78. The molecule has 3 N–H and O–H groups in total. The zero-order valence-electron chi connectivity index (χ0n) is 10.8. The molecule has 2 rings (SSSR count). The summed E-state index contributed by atoms with van der Waals surface area (Å²) >= 11 is 12.6. The maximum absolute atomic E-state index is 12.5. The molecule has 0 aromatic heterocycles. The second-order valence-electron chi connectivity index (χ2n) is 4.38. The summed E-state index contributed by atoms with van der Waals surface area (Å²) < 4.78 is 28.5. The van der Waals surface area contributed by atoms with E-state index in [0.29, 0.717) is 25.3 Å². The Morgan fingerprint density at radius 1 is 1.14 bits per heavy atom. The number of hydrogen-bond acceptors (Lipinski definition) is 3. The number of hydrogen-bond donors (Lipinski definition) is 2. The molecule has 2 aromatic rings. The first-order chi connectivity index (χ1) is 9.70. The van der Waals surface area contributed by atoms with Crippen LogP contribution in [0.3, 0.4) is 0 Å². The van der Waals surface area contributed by atoms with Gasteiger partial charge in [0.15, 0.2) is 0 Å².